The molecule has 10 heteroatoms. The van der Waals surface area contributed by atoms with Crippen LogP contribution in [0.5, 0.6) is 0 Å². The number of nitrogens with one attached hydrogen (secondary N) is 1. The number of benzene rings is 2. The average Bonchev–Trinajstić information content (AvgIpc) is 3.20. The summed E-state index contributed by atoms with van der Waals surface area (Å²) in [6.07, 6.45) is 0. The number of carbonyl (C=O) groups excluding carboxylic acids is 2. The summed E-state index contributed by atoms with van der Waals surface area (Å²) in [6.45, 7) is 0.914. The average molecular weight is 396 g/mol. The molecule has 0 atom stereocenters. The maximum absolute atomic E-state index is 12.1. The Labute approximate surface area is 164 Å². The van der Waals surface area contributed by atoms with Crippen LogP contribution in [-0.4, -0.2) is 33.5 Å². The van der Waals surface area contributed by atoms with Gasteiger partial charge in [0.1, 0.15) is 6.54 Å². The van der Waals surface area contributed by atoms with Crippen LogP contribution in [0.1, 0.15) is 21.8 Å². The second-order valence-corrected chi connectivity index (χ2v) is 5.97. The zero-order valence-corrected chi connectivity index (χ0v) is 15.3. The minimum atomic E-state index is -0.698. The number of hydrogen-bond donors (Lipinski definition) is 1. The van der Waals surface area contributed by atoms with Gasteiger partial charge in [-0.05, 0) is 31.2 Å². The van der Waals surface area contributed by atoms with Crippen molar-refractivity contribution in [3.05, 3.63) is 75.7 Å². The predicted molar refractivity (Wildman–Crippen MR) is 99.7 cm³/mol. The second-order valence-electron chi connectivity index (χ2n) is 5.97. The zero-order chi connectivity index (χ0) is 20.8. The van der Waals surface area contributed by atoms with Crippen molar-refractivity contribution >= 4 is 17.6 Å². The van der Waals surface area contributed by atoms with Crippen LogP contribution in [0, 0.1) is 17.0 Å². The van der Waals surface area contributed by atoms with E-state index in [1.807, 2.05) is 18.2 Å². The van der Waals surface area contributed by atoms with E-state index in [-0.39, 0.29) is 30.3 Å². The zero-order valence-electron chi connectivity index (χ0n) is 15.3. The quantitative estimate of drug-likeness (QED) is 0.365. The number of esters is 1. The van der Waals surface area contributed by atoms with E-state index in [1.165, 1.54) is 25.1 Å². The Morgan fingerprint density at radius 1 is 1.17 bits per heavy atom. The summed E-state index contributed by atoms with van der Waals surface area (Å²) in [6, 6.07) is 13.1. The lowest BCUT2D eigenvalue weighted by Gasteiger charge is -2.06. The molecule has 3 aromatic rings. The Bertz CT molecular complexity index is 1050. The van der Waals surface area contributed by atoms with Crippen LogP contribution in [0.3, 0.4) is 0 Å². The summed E-state index contributed by atoms with van der Waals surface area (Å²) in [5.41, 5.74) is 1.19. The molecule has 0 saturated carbocycles. The Morgan fingerprint density at radius 2 is 1.93 bits per heavy atom. The van der Waals surface area contributed by atoms with Gasteiger partial charge in [-0.3, -0.25) is 19.7 Å². The lowest BCUT2D eigenvalue weighted by Crippen LogP contribution is -2.30. The van der Waals surface area contributed by atoms with Crippen molar-refractivity contribution in [1.29, 1.82) is 0 Å². The Hall–Kier alpha value is -4.08. The topological polar surface area (TPSA) is 137 Å². The van der Waals surface area contributed by atoms with Gasteiger partial charge >= 0.3 is 5.97 Å². The number of carbonyl (C=O) groups is 2. The molecule has 0 spiro atoms. The number of rotatable bonds is 7. The summed E-state index contributed by atoms with van der Waals surface area (Å²) in [4.78, 5) is 34.2. The highest BCUT2D eigenvalue weighted by atomic mass is 16.6. The molecule has 10 nitrogen and oxygen atoms in total. The van der Waals surface area contributed by atoms with Crippen LogP contribution < -0.4 is 5.32 Å². The fourth-order valence-electron chi connectivity index (χ4n) is 2.46. The second kappa shape index (κ2) is 8.74. The summed E-state index contributed by atoms with van der Waals surface area (Å²) in [5.74, 6) is -0.825. The first-order chi connectivity index (χ1) is 13.9. The van der Waals surface area contributed by atoms with Gasteiger partial charge in [-0.1, -0.05) is 18.2 Å². The SMILES string of the molecule is Cc1cc(C(=O)NCC(=O)OCc2nnc(-c3ccccc3)o2)ccc1[N+](=O)[O-]. The van der Waals surface area contributed by atoms with E-state index in [9.17, 15) is 19.7 Å². The maximum Gasteiger partial charge on any atom is 0.325 e. The fourth-order valence-corrected chi connectivity index (χ4v) is 2.46. The van der Waals surface area contributed by atoms with Crippen LogP contribution in [0.4, 0.5) is 5.69 Å². The van der Waals surface area contributed by atoms with Crippen LogP contribution in [-0.2, 0) is 16.1 Å². The Morgan fingerprint density at radius 3 is 2.62 bits per heavy atom. The molecular formula is C19H16N4O6. The molecule has 1 aromatic heterocycles. The molecular weight excluding hydrogens is 380 g/mol. The lowest BCUT2D eigenvalue weighted by atomic mass is 10.1. The molecule has 0 saturated heterocycles. The van der Waals surface area contributed by atoms with Crippen molar-refractivity contribution in [2.24, 2.45) is 0 Å². The van der Waals surface area contributed by atoms with Gasteiger partial charge in [-0.25, -0.2) is 0 Å². The fraction of sp³-hybridized carbons (Fsp3) is 0.158. The summed E-state index contributed by atoms with van der Waals surface area (Å²) < 4.78 is 10.4. The Kier molecular flexibility index (Phi) is 5.93. The van der Waals surface area contributed by atoms with Crippen LogP contribution >= 0.6 is 0 Å². The van der Waals surface area contributed by atoms with Crippen LogP contribution in [0.2, 0.25) is 0 Å². The smallest absolute Gasteiger partial charge is 0.325 e. The summed E-state index contributed by atoms with van der Waals surface area (Å²) in [7, 11) is 0. The van der Waals surface area contributed by atoms with Crippen molar-refractivity contribution < 1.29 is 23.7 Å². The van der Waals surface area contributed by atoms with E-state index in [1.54, 1.807) is 12.1 Å². The van der Waals surface area contributed by atoms with Gasteiger partial charge in [0.15, 0.2) is 6.61 Å². The van der Waals surface area contributed by atoms with Crippen molar-refractivity contribution in [2.45, 2.75) is 13.5 Å². The van der Waals surface area contributed by atoms with Gasteiger partial charge in [0.2, 0.25) is 5.89 Å². The van der Waals surface area contributed by atoms with Crippen LogP contribution in [0.25, 0.3) is 11.5 Å². The molecule has 0 radical (unpaired) electrons. The number of ether oxygens (including phenoxy) is 1. The van der Waals surface area contributed by atoms with Gasteiger partial charge in [0, 0.05) is 22.8 Å². The van der Waals surface area contributed by atoms with Gasteiger partial charge in [0.25, 0.3) is 17.5 Å². The molecule has 29 heavy (non-hydrogen) atoms. The number of nitrogens with zero attached hydrogens (tertiary/aromatic N) is 3. The van der Waals surface area contributed by atoms with Gasteiger partial charge < -0.3 is 14.5 Å². The van der Waals surface area contributed by atoms with Gasteiger partial charge in [-0.2, -0.15) is 0 Å². The van der Waals surface area contributed by atoms with E-state index in [4.69, 9.17) is 9.15 Å². The first-order valence-electron chi connectivity index (χ1n) is 8.50. The molecule has 0 aliphatic heterocycles. The number of nitro groups is 1. The van der Waals surface area contributed by atoms with E-state index < -0.39 is 16.8 Å². The third-order valence-electron chi connectivity index (χ3n) is 3.89. The number of amides is 1. The monoisotopic (exact) mass is 396 g/mol. The first-order valence-corrected chi connectivity index (χ1v) is 8.50. The van der Waals surface area contributed by atoms with Crippen molar-refractivity contribution in [1.82, 2.24) is 15.5 Å². The van der Waals surface area contributed by atoms with Crippen molar-refractivity contribution in [3.63, 3.8) is 0 Å². The highest BCUT2D eigenvalue weighted by molar-refractivity contribution is 5.96. The molecule has 0 aliphatic carbocycles. The van der Waals surface area contributed by atoms with Crippen molar-refractivity contribution in [3.8, 4) is 11.5 Å². The molecule has 0 bridgehead atoms. The van der Waals surface area contributed by atoms with Gasteiger partial charge in [0.05, 0.1) is 4.92 Å². The number of aryl methyl sites for hydroxylation is 1. The normalized spacial score (nSPS) is 10.4. The molecule has 0 fully saturated rings. The third kappa shape index (κ3) is 5.01. The van der Waals surface area contributed by atoms with E-state index >= 15 is 0 Å². The molecule has 1 N–H and O–H groups in total. The molecule has 0 aliphatic rings. The lowest BCUT2D eigenvalue weighted by molar-refractivity contribution is -0.385. The summed E-state index contributed by atoms with van der Waals surface area (Å²) >= 11 is 0. The van der Waals surface area contributed by atoms with E-state index in [0.717, 1.165) is 5.56 Å². The molecule has 1 heterocycles. The minimum absolute atomic E-state index is 0.0876. The predicted octanol–water partition coefficient (Wildman–Crippen LogP) is 2.43. The summed E-state index contributed by atoms with van der Waals surface area (Å²) in [5, 5.41) is 20.9. The molecule has 1 amide bonds. The number of hydrogen-bond acceptors (Lipinski definition) is 8. The van der Waals surface area contributed by atoms with E-state index in [2.05, 4.69) is 15.5 Å². The third-order valence-corrected chi connectivity index (χ3v) is 3.89. The highest BCUT2D eigenvalue weighted by Crippen LogP contribution is 2.19. The Balaban J connectivity index is 1.49. The van der Waals surface area contributed by atoms with Crippen LogP contribution in [0.15, 0.2) is 52.9 Å². The molecule has 2 aromatic carbocycles. The van der Waals surface area contributed by atoms with Crippen molar-refractivity contribution in [2.75, 3.05) is 6.54 Å². The number of aromatic nitrogens is 2. The highest BCUT2D eigenvalue weighted by Gasteiger charge is 2.15. The first kappa shape index (κ1) is 19.7. The minimum Gasteiger partial charge on any atom is -0.454 e. The largest absolute Gasteiger partial charge is 0.454 e. The van der Waals surface area contributed by atoms with Gasteiger partial charge in [-0.15, -0.1) is 10.2 Å². The maximum atomic E-state index is 12.1. The molecule has 3 rings (SSSR count). The standard InChI is InChI=1S/C19H16N4O6/c1-12-9-14(7-8-15(12)23(26)27)18(25)20-10-17(24)28-11-16-21-22-19(29-16)13-5-3-2-4-6-13/h2-9H,10-11H2,1H3,(H,20,25). The van der Waals surface area contributed by atoms with E-state index in [0.29, 0.717) is 11.5 Å². The molecule has 0 unspecified atom stereocenters. The molecule has 148 valence electrons. The number of nitro benzene ring substituents is 1.